The number of alkyl halides is 1. The van der Waals surface area contributed by atoms with Gasteiger partial charge in [0.2, 0.25) is 0 Å². The molecule has 1 unspecified atom stereocenters. The molecule has 0 radical (unpaired) electrons. The summed E-state index contributed by atoms with van der Waals surface area (Å²) in [6, 6.07) is 21.6. The smallest absolute Gasteiger partial charge is 0.266 e. The number of para-hydroxylation sites is 1. The molecule has 3 aromatic carbocycles. The number of sulfonamides is 1. The fourth-order valence-corrected chi connectivity index (χ4v) is 4.39. The minimum absolute atomic E-state index is 0.0366. The Morgan fingerprint density at radius 3 is 2.00 bits per heavy atom. The van der Waals surface area contributed by atoms with Gasteiger partial charge in [-0.25, -0.2) is 12.8 Å². The van der Waals surface area contributed by atoms with Crippen molar-refractivity contribution < 1.29 is 17.7 Å². The summed E-state index contributed by atoms with van der Waals surface area (Å²) in [5.74, 6) is 0. The predicted octanol–water partition coefficient (Wildman–Crippen LogP) is 4.89. The van der Waals surface area contributed by atoms with Gasteiger partial charge >= 0.3 is 0 Å². The van der Waals surface area contributed by atoms with E-state index in [1.165, 1.54) is 12.1 Å². The van der Waals surface area contributed by atoms with Gasteiger partial charge in [-0.2, -0.15) is 0 Å². The maximum absolute atomic E-state index is 14.6. The quantitative estimate of drug-likeness (QED) is 0.388. The third-order valence-electron chi connectivity index (χ3n) is 4.43. The van der Waals surface area contributed by atoms with Crippen LogP contribution >= 0.6 is 0 Å². The van der Waals surface area contributed by atoms with Crippen molar-refractivity contribution in [2.75, 3.05) is 10.8 Å². The average Bonchev–Trinajstić information content (AvgIpc) is 2.75. The van der Waals surface area contributed by atoms with Crippen molar-refractivity contribution in [2.24, 2.45) is 0 Å². The molecular formula is C21H19FN2O4S. The van der Waals surface area contributed by atoms with E-state index >= 15 is 0 Å². The minimum atomic E-state index is -4.03. The number of anilines is 1. The van der Waals surface area contributed by atoms with Crippen molar-refractivity contribution in [3.63, 3.8) is 0 Å². The second kappa shape index (κ2) is 8.83. The molecule has 0 spiro atoms. The van der Waals surface area contributed by atoms with Crippen LogP contribution < -0.4 is 4.31 Å². The predicted molar refractivity (Wildman–Crippen MR) is 109 cm³/mol. The Morgan fingerprint density at radius 2 is 1.45 bits per heavy atom. The zero-order valence-electron chi connectivity index (χ0n) is 15.4. The van der Waals surface area contributed by atoms with E-state index in [1.807, 2.05) is 0 Å². The van der Waals surface area contributed by atoms with Crippen molar-refractivity contribution in [1.29, 1.82) is 0 Å². The van der Waals surface area contributed by atoms with E-state index in [1.54, 1.807) is 60.7 Å². The minimum Gasteiger partial charge on any atom is -0.266 e. The van der Waals surface area contributed by atoms with E-state index in [9.17, 15) is 22.9 Å². The normalized spacial score (nSPS) is 12.3. The van der Waals surface area contributed by atoms with Gasteiger partial charge in [0.05, 0.1) is 15.5 Å². The lowest BCUT2D eigenvalue weighted by atomic mass is 10.1. The molecule has 3 aromatic rings. The third kappa shape index (κ3) is 4.78. The summed E-state index contributed by atoms with van der Waals surface area (Å²) >= 11 is 0. The molecular weight excluding hydrogens is 395 g/mol. The lowest BCUT2D eigenvalue weighted by Crippen LogP contribution is -2.32. The van der Waals surface area contributed by atoms with Gasteiger partial charge in [0.15, 0.2) is 0 Å². The van der Waals surface area contributed by atoms with E-state index in [-0.39, 0.29) is 23.5 Å². The number of benzene rings is 3. The summed E-state index contributed by atoms with van der Waals surface area (Å²) in [5.41, 5.74) is 0.669. The summed E-state index contributed by atoms with van der Waals surface area (Å²) in [6.45, 7) is -0.0839. The van der Waals surface area contributed by atoms with Crippen LogP contribution in [0.3, 0.4) is 0 Å². The van der Waals surface area contributed by atoms with Gasteiger partial charge in [-0.1, -0.05) is 48.5 Å². The highest BCUT2D eigenvalue weighted by Crippen LogP contribution is 2.28. The second-order valence-electron chi connectivity index (χ2n) is 6.33. The van der Waals surface area contributed by atoms with Gasteiger partial charge in [-0.3, -0.25) is 14.4 Å². The molecule has 0 saturated carbocycles. The van der Waals surface area contributed by atoms with Crippen LogP contribution in [0.15, 0.2) is 89.8 Å². The lowest BCUT2D eigenvalue weighted by Gasteiger charge is -2.25. The molecule has 0 heterocycles. The molecule has 0 aliphatic heterocycles. The lowest BCUT2D eigenvalue weighted by molar-refractivity contribution is -0.384. The number of halogens is 1. The molecule has 150 valence electrons. The first-order chi connectivity index (χ1) is 13.9. The van der Waals surface area contributed by atoms with Crippen LogP contribution in [0.5, 0.6) is 0 Å². The van der Waals surface area contributed by atoms with E-state index in [0.717, 1.165) is 16.4 Å². The maximum atomic E-state index is 14.6. The van der Waals surface area contributed by atoms with Crippen molar-refractivity contribution in [3.05, 3.63) is 101 Å². The molecule has 29 heavy (non-hydrogen) atoms. The molecule has 0 fully saturated rings. The van der Waals surface area contributed by atoms with Gasteiger partial charge < -0.3 is 0 Å². The highest BCUT2D eigenvalue weighted by atomic mass is 32.2. The standard InChI is InChI=1S/C21H19FN2O4S/c22-21(17-7-3-1-4-8-17)15-16-23(18-9-5-2-6-10-18)29(27,28)20-13-11-19(12-14-20)24(25)26/h1-14,21H,15-16H2. The Kier molecular flexibility index (Phi) is 6.23. The topological polar surface area (TPSA) is 80.5 Å². The number of nitro groups is 1. The monoisotopic (exact) mass is 414 g/mol. The first-order valence-electron chi connectivity index (χ1n) is 8.91. The molecule has 0 bridgehead atoms. The number of nitro benzene ring substituents is 1. The van der Waals surface area contributed by atoms with Crippen LogP contribution in [-0.2, 0) is 10.0 Å². The number of nitrogens with zero attached hydrogens (tertiary/aromatic N) is 2. The van der Waals surface area contributed by atoms with Gasteiger partial charge in [0, 0.05) is 25.1 Å². The Hall–Kier alpha value is -3.26. The molecule has 8 heteroatoms. The van der Waals surface area contributed by atoms with Crippen molar-refractivity contribution >= 4 is 21.4 Å². The van der Waals surface area contributed by atoms with Gasteiger partial charge in [0.1, 0.15) is 6.17 Å². The Bertz CT molecular complexity index is 1060. The molecule has 0 aliphatic rings. The summed E-state index contributed by atoms with van der Waals surface area (Å²) in [7, 11) is -4.03. The van der Waals surface area contributed by atoms with Crippen LogP contribution in [0, 0.1) is 10.1 Å². The van der Waals surface area contributed by atoms with Crippen molar-refractivity contribution in [3.8, 4) is 0 Å². The molecule has 6 nitrogen and oxygen atoms in total. The first-order valence-corrected chi connectivity index (χ1v) is 10.3. The summed E-state index contributed by atoms with van der Waals surface area (Å²) in [5, 5.41) is 10.8. The Labute approximate surface area is 168 Å². The highest BCUT2D eigenvalue weighted by molar-refractivity contribution is 7.92. The summed E-state index contributed by atoms with van der Waals surface area (Å²) < 4.78 is 42.2. The zero-order chi connectivity index (χ0) is 20.9. The molecule has 1 atom stereocenters. The van der Waals surface area contributed by atoms with Gasteiger partial charge in [-0.05, 0) is 29.8 Å². The molecule has 0 saturated heterocycles. The fraction of sp³-hybridized carbons (Fsp3) is 0.143. The summed E-state index contributed by atoms with van der Waals surface area (Å²) in [4.78, 5) is 10.1. The highest BCUT2D eigenvalue weighted by Gasteiger charge is 2.26. The Morgan fingerprint density at radius 1 is 0.897 bits per heavy atom. The number of hydrogen-bond donors (Lipinski definition) is 0. The summed E-state index contributed by atoms with van der Waals surface area (Å²) in [6.07, 6.45) is -1.36. The molecule has 0 amide bonds. The molecule has 3 rings (SSSR count). The number of non-ortho nitro benzene ring substituents is 1. The van der Waals surface area contributed by atoms with E-state index < -0.39 is 21.1 Å². The average molecular weight is 414 g/mol. The Balaban J connectivity index is 1.89. The van der Waals surface area contributed by atoms with Crippen LogP contribution in [-0.4, -0.2) is 19.9 Å². The molecule has 0 aromatic heterocycles. The van der Waals surface area contributed by atoms with Gasteiger partial charge in [-0.15, -0.1) is 0 Å². The van der Waals surface area contributed by atoms with Crippen LogP contribution in [0.25, 0.3) is 0 Å². The zero-order valence-corrected chi connectivity index (χ0v) is 16.2. The van der Waals surface area contributed by atoms with Crippen molar-refractivity contribution in [1.82, 2.24) is 0 Å². The van der Waals surface area contributed by atoms with E-state index in [4.69, 9.17) is 0 Å². The maximum Gasteiger partial charge on any atom is 0.269 e. The fourth-order valence-electron chi connectivity index (χ4n) is 2.91. The largest absolute Gasteiger partial charge is 0.269 e. The first kappa shape index (κ1) is 20.5. The van der Waals surface area contributed by atoms with Crippen LogP contribution in [0.1, 0.15) is 18.2 Å². The van der Waals surface area contributed by atoms with Crippen molar-refractivity contribution in [2.45, 2.75) is 17.5 Å². The van der Waals surface area contributed by atoms with Gasteiger partial charge in [0.25, 0.3) is 15.7 Å². The number of hydrogen-bond acceptors (Lipinski definition) is 4. The molecule has 0 N–H and O–H groups in total. The SMILES string of the molecule is O=[N+]([O-])c1ccc(S(=O)(=O)N(CCC(F)c2ccccc2)c2ccccc2)cc1. The third-order valence-corrected chi connectivity index (χ3v) is 6.27. The van der Waals surface area contributed by atoms with E-state index in [2.05, 4.69) is 0 Å². The second-order valence-corrected chi connectivity index (χ2v) is 8.19. The van der Waals surface area contributed by atoms with Crippen LogP contribution in [0.4, 0.5) is 15.8 Å². The van der Waals surface area contributed by atoms with Crippen LogP contribution in [0.2, 0.25) is 0 Å². The van der Waals surface area contributed by atoms with E-state index in [0.29, 0.717) is 11.3 Å². The number of rotatable bonds is 8. The molecule has 0 aliphatic carbocycles.